The predicted molar refractivity (Wildman–Crippen MR) is 103 cm³/mol. The molecule has 154 valence electrons. The van der Waals surface area contributed by atoms with Crippen LogP contribution in [0.15, 0.2) is 53.9 Å². The van der Waals surface area contributed by atoms with Crippen molar-refractivity contribution >= 4 is 11.8 Å². The number of nitrogens with zero attached hydrogens (tertiary/aromatic N) is 4. The Morgan fingerprint density at radius 1 is 1.07 bits per heavy atom. The number of halogens is 3. The molecule has 0 spiro atoms. The monoisotopic (exact) mass is 424 g/mol. The van der Waals surface area contributed by atoms with E-state index in [1.807, 2.05) is 23.6 Å². The maximum atomic E-state index is 12.3. The highest BCUT2D eigenvalue weighted by Gasteiger charge is 2.31. The summed E-state index contributed by atoms with van der Waals surface area (Å²) in [4.78, 5) is 4.02. The van der Waals surface area contributed by atoms with Gasteiger partial charge in [-0.1, -0.05) is 23.9 Å². The van der Waals surface area contributed by atoms with Gasteiger partial charge < -0.3 is 9.47 Å². The average Bonchev–Trinajstić information content (AvgIpc) is 3.08. The molecule has 2 heterocycles. The summed E-state index contributed by atoms with van der Waals surface area (Å²) in [6.07, 6.45) is -1.33. The molecule has 3 aromatic rings. The summed E-state index contributed by atoms with van der Waals surface area (Å²) in [5.74, 6) is 0.453. The van der Waals surface area contributed by atoms with Gasteiger partial charge in [-0.3, -0.25) is 9.55 Å². The number of aromatic nitrogens is 4. The molecule has 0 radical (unpaired) electrons. The second-order valence-corrected chi connectivity index (χ2v) is 7.37. The number of rotatable bonds is 8. The maximum absolute atomic E-state index is 12.3. The molecule has 0 aliphatic heterocycles. The van der Waals surface area contributed by atoms with E-state index < -0.39 is 6.36 Å². The summed E-state index contributed by atoms with van der Waals surface area (Å²) in [6, 6.07) is 9.53. The van der Waals surface area contributed by atoms with Crippen LogP contribution in [-0.4, -0.2) is 39.8 Å². The normalized spacial score (nSPS) is 12.7. The van der Waals surface area contributed by atoms with E-state index in [9.17, 15) is 13.2 Å². The van der Waals surface area contributed by atoms with Crippen LogP contribution in [0.3, 0.4) is 0 Å². The van der Waals surface area contributed by atoms with Crippen LogP contribution in [0.25, 0.3) is 11.4 Å². The summed E-state index contributed by atoms with van der Waals surface area (Å²) in [5.41, 5.74) is 1.73. The van der Waals surface area contributed by atoms with E-state index in [2.05, 4.69) is 19.9 Å². The first kappa shape index (κ1) is 21.1. The molecule has 0 bridgehead atoms. The third-order valence-electron chi connectivity index (χ3n) is 4.04. The summed E-state index contributed by atoms with van der Waals surface area (Å²) in [7, 11) is 1.62. The van der Waals surface area contributed by atoms with Gasteiger partial charge >= 0.3 is 6.36 Å². The minimum Gasteiger partial charge on any atom is -0.406 e. The Balaban J connectivity index is 1.79. The topological polar surface area (TPSA) is 62.1 Å². The third-order valence-corrected chi connectivity index (χ3v) is 5.18. The second kappa shape index (κ2) is 9.27. The zero-order valence-corrected chi connectivity index (χ0v) is 16.6. The Hall–Kier alpha value is -2.59. The Morgan fingerprint density at radius 3 is 2.38 bits per heavy atom. The molecule has 6 nitrogen and oxygen atoms in total. The van der Waals surface area contributed by atoms with Gasteiger partial charge in [0.25, 0.3) is 0 Å². The fourth-order valence-corrected chi connectivity index (χ4v) is 3.64. The van der Waals surface area contributed by atoms with Gasteiger partial charge in [-0.2, -0.15) is 0 Å². The molecular formula is C19H19F3N4O2S. The molecule has 29 heavy (non-hydrogen) atoms. The molecule has 0 N–H and O–H groups in total. The zero-order valence-electron chi connectivity index (χ0n) is 15.8. The number of hydrogen-bond donors (Lipinski definition) is 0. The fourth-order valence-electron chi connectivity index (χ4n) is 2.64. The summed E-state index contributed by atoms with van der Waals surface area (Å²) < 4.78 is 48.0. The molecule has 0 saturated heterocycles. The Morgan fingerprint density at radius 2 is 1.76 bits per heavy atom. The van der Waals surface area contributed by atoms with Crippen LogP contribution in [0.5, 0.6) is 5.75 Å². The lowest BCUT2D eigenvalue weighted by Crippen LogP contribution is -2.17. The van der Waals surface area contributed by atoms with Crippen LogP contribution < -0.4 is 4.74 Å². The van der Waals surface area contributed by atoms with E-state index in [4.69, 9.17) is 4.74 Å². The van der Waals surface area contributed by atoms with Crippen molar-refractivity contribution < 1.29 is 22.6 Å². The molecule has 2 aromatic heterocycles. The van der Waals surface area contributed by atoms with Crippen LogP contribution in [0.2, 0.25) is 0 Å². The minimum atomic E-state index is -4.71. The SMILES string of the molecule is COCCn1c(SC(C)c2ccc(OC(F)(F)F)cc2)nnc1-c1ccncc1. The molecule has 0 amide bonds. The molecule has 0 aliphatic rings. The van der Waals surface area contributed by atoms with Crippen molar-refractivity contribution in [3.05, 3.63) is 54.4 Å². The molecule has 1 atom stereocenters. The number of hydrogen-bond acceptors (Lipinski definition) is 6. The number of pyridine rings is 1. The molecule has 0 aliphatic carbocycles. The van der Waals surface area contributed by atoms with Gasteiger partial charge in [0.05, 0.1) is 13.2 Å². The second-order valence-electron chi connectivity index (χ2n) is 6.06. The summed E-state index contributed by atoms with van der Waals surface area (Å²) >= 11 is 1.46. The summed E-state index contributed by atoms with van der Waals surface area (Å²) in [5, 5.41) is 9.24. The fraction of sp³-hybridized carbons (Fsp3) is 0.316. The number of alkyl halides is 3. The molecule has 0 fully saturated rings. The zero-order chi connectivity index (χ0) is 20.9. The Bertz CT molecular complexity index is 917. The van der Waals surface area contributed by atoms with Gasteiger partial charge in [0.1, 0.15) is 5.75 Å². The van der Waals surface area contributed by atoms with Gasteiger partial charge in [-0.25, -0.2) is 0 Å². The highest BCUT2D eigenvalue weighted by Crippen LogP contribution is 2.36. The number of benzene rings is 1. The Kier molecular flexibility index (Phi) is 6.75. The van der Waals surface area contributed by atoms with Gasteiger partial charge in [0.2, 0.25) is 0 Å². The van der Waals surface area contributed by atoms with Crippen molar-refractivity contribution in [1.82, 2.24) is 19.7 Å². The van der Waals surface area contributed by atoms with E-state index in [-0.39, 0.29) is 11.0 Å². The first-order valence-corrected chi connectivity index (χ1v) is 9.60. The smallest absolute Gasteiger partial charge is 0.406 e. The van der Waals surface area contributed by atoms with Crippen molar-refractivity contribution in [2.24, 2.45) is 0 Å². The van der Waals surface area contributed by atoms with Crippen molar-refractivity contribution in [2.45, 2.75) is 30.2 Å². The summed E-state index contributed by atoms with van der Waals surface area (Å²) in [6.45, 7) is 3.00. The first-order valence-electron chi connectivity index (χ1n) is 8.72. The van der Waals surface area contributed by atoms with E-state index >= 15 is 0 Å². The third kappa shape index (κ3) is 5.70. The van der Waals surface area contributed by atoms with Crippen LogP contribution in [0.4, 0.5) is 13.2 Å². The van der Waals surface area contributed by atoms with Crippen molar-refractivity contribution in [1.29, 1.82) is 0 Å². The number of thioether (sulfide) groups is 1. The molecule has 1 unspecified atom stereocenters. The molecule has 10 heteroatoms. The lowest BCUT2D eigenvalue weighted by Gasteiger charge is -2.14. The van der Waals surface area contributed by atoms with Crippen LogP contribution in [0, 0.1) is 0 Å². The van der Waals surface area contributed by atoms with E-state index in [1.54, 1.807) is 31.6 Å². The first-order chi connectivity index (χ1) is 13.9. The van der Waals surface area contributed by atoms with Crippen LogP contribution in [0.1, 0.15) is 17.7 Å². The van der Waals surface area contributed by atoms with Crippen molar-refractivity contribution in [3.8, 4) is 17.1 Å². The van der Waals surface area contributed by atoms with E-state index in [0.29, 0.717) is 24.1 Å². The molecular weight excluding hydrogens is 405 g/mol. The van der Waals surface area contributed by atoms with E-state index in [1.165, 1.54) is 23.9 Å². The van der Waals surface area contributed by atoms with Gasteiger partial charge in [0.15, 0.2) is 11.0 Å². The minimum absolute atomic E-state index is 0.0641. The highest BCUT2D eigenvalue weighted by molar-refractivity contribution is 7.99. The quantitative estimate of drug-likeness (QED) is 0.487. The largest absolute Gasteiger partial charge is 0.573 e. The van der Waals surface area contributed by atoms with Crippen molar-refractivity contribution in [3.63, 3.8) is 0 Å². The molecule has 3 rings (SSSR count). The van der Waals surface area contributed by atoms with Gasteiger partial charge in [0, 0.05) is 30.3 Å². The maximum Gasteiger partial charge on any atom is 0.573 e. The number of ether oxygens (including phenoxy) is 2. The molecule has 0 saturated carbocycles. The average molecular weight is 424 g/mol. The van der Waals surface area contributed by atoms with Crippen LogP contribution in [-0.2, 0) is 11.3 Å². The predicted octanol–water partition coefficient (Wildman–Crippen LogP) is 4.74. The lowest BCUT2D eigenvalue weighted by molar-refractivity contribution is -0.274. The highest BCUT2D eigenvalue weighted by atomic mass is 32.2. The van der Waals surface area contributed by atoms with Crippen LogP contribution >= 0.6 is 11.8 Å². The lowest BCUT2D eigenvalue weighted by atomic mass is 10.2. The van der Waals surface area contributed by atoms with Crippen molar-refractivity contribution in [2.75, 3.05) is 13.7 Å². The van der Waals surface area contributed by atoms with E-state index in [0.717, 1.165) is 11.1 Å². The number of methoxy groups -OCH3 is 1. The van der Waals surface area contributed by atoms with Gasteiger partial charge in [-0.15, -0.1) is 23.4 Å². The molecule has 1 aromatic carbocycles. The van der Waals surface area contributed by atoms with Gasteiger partial charge in [-0.05, 0) is 36.8 Å². The standard InChI is InChI=1S/C19H19F3N4O2S/c1-13(14-3-5-16(6-4-14)28-19(20,21)22)29-18-25-24-17(26(18)11-12-27-2)15-7-9-23-10-8-15/h3-10,13H,11-12H2,1-2H3. The Labute approximate surface area is 170 Å².